The summed E-state index contributed by atoms with van der Waals surface area (Å²) in [6.07, 6.45) is -2.54. The van der Waals surface area contributed by atoms with Gasteiger partial charge in [-0.15, -0.1) is 0 Å². The van der Waals surface area contributed by atoms with E-state index in [0.29, 0.717) is 0 Å². The Bertz CT molecular complexity index is 1390. The third-order valence-corrected chi connectivity index (χ3v) is 6.39. The Morgan fingerprint density at radius 2 is 1.69 bits per heavy atom. The summed E-state index contributed by atoms with van der Waals surface area (Å²) in [5, 5.41) is 2.70. The summed E-state index contributed by atoms with van der Waals surface area (Å²) in [4.78, 5) is 17.4. The first-order valence-corrected chi connectivity index (χ1v) is 11.5. The van der Waals surface area contributed by atoms with E-state index in [-0.39, 0.29) is 12.2 Å². The van der Waals surface area contributed by atoms with Crippen molar-refractivity contribution in [1.82, 2.24) is 9.47 Å². The monoisotopic (exact) mass is 490 g/mol. The van der Waals surface area contributed by atoms with Crippen molar-refractivity contribution in [2.75, 3.05) is 24.3 Å². The second kappa shape index (κ2) is 9.11. The number of alkyl halides is 3. The molecule has 0 spiro atoms. The van der Waals surface area contributed by atoms with Crippen molar-refractivity contribution in [3.05, 3.63) is 114 Å². The molecular weight excluding hydrogens is 465 g/mol. The number of benzene rings is 3. The highest BCUT2D eigenvalue weighted by molar-refractivity contribution is 5.90. The molecule has 4 aromatic rings. The number of nitrogens with one attached hydrogen (secondary N) is 1. The molecule has 1 unspecified atom stereocenters. The first kappa shape index (κ1) is 23.5. The predicted molar refractivity (Wildman–Crippen MR) is 134 cm³/mol. The maximum atomic E-state index is 13.7. The van der Waals surface area contributed by atoms with Crippen molar-refractivity contribution >= 4 is 17.4 Å². The number of aromatic nitrogens is 1. The maximum absolute atomic E-state index is 13.7. The van der Waals surface area contributed by atoms with Gasteiger partial charge in [-0.25, -0.2) is 4.79 Å². The van der Waals surface area contributed by atoms with Gasteiger partial charge in [-0.05, 0) is 59.7 Å². The Hall–Kier alpha value is -4.20. The largest absolute Gasteiger partial charge is 0.416 e. The smallest absolute Gasteiger partial charge is 0.378 e. The predicted octanol–water partition coefficient (Wildman–Crippen LogP) is 6.70. The van der Waals surface area contributed by atoms with E-state index in [1.807, 2.05) is 85.9 Å². The zero-order valence-electron chi connectivity index (χ0n) is 19.8. The fourth-order valence-corrected chi connectivity index (χ4v) is 4.61. The van der Waals surface area contributed by atoms with Crippen LogP contribution in [0.15, 0.2) is 91.1 Å². The number of fused-ring (bicyclic) bond motifs is 3. The lowest BCUT2D eigenvalue weighted by Crippen LogP contribution is -2.38. The fraction of sp³-hybridized carbons (Fsp3) is 0.179. The summed E-state index contributed by atoms with van der Waals surface area (Å²) >= 11 is 0. The van der Waals surface area contributed by atoms with Crippen molar-refractivity contribution < 1.29 is 18.0 Å². The Morgan fingerprint density at radius 1 is 0.944 bits per heavy atom. The third-order valence-electron chi connectivity index (χ3n) is 6.39. The van der Waals surface area contributed by atoms with E-state index in [4.69, 9.17) is 0 Å². The van der Waals surface area contributed by atoms with E-state index in [0.717, 1.165) is 40.3 Å². The Balaban J connectivity index is 1.58. The standard InChI is InChI=1S/C28H25F3N4O/c1-33(2)23-14-12-19(13-15-23)26-25-11-6-16-34(25)24-10-4-3-7-20(24)18-35(26)27(36)32-22-9-5-8-21(17-22)28(29,30)31/h3-17,26H,18H2,1-2H3,(H,32,36). The minimum absolute atomic E-state index is 0.0874. The van der Waals surface area contributed by atoms with Crippen molar-refractivity contribution in [2.24, 2.45) is 0 Å². The summed E-state index contributed by atoms with van der Waals surface area (Å²) in [6.45, 7) is 0.281. The van der Waals surface area contributed by atoms with E-state index in [1.54, 1.807) is 4.90 Å². The molecule has 0 saturated heterocycles. The van der Waals surface area contributed by atoms with E-state index >= 15 is 0 Å². The number of carbonyl (C=O) groups is 1. The lowest BCUT2D eigenvalue weighted by atomic mass is 10.0. The Kier molecular flexibility index (Phi) is 5.96. The number of urea groups is 1. The second-order valence-corrected chi connectivity index (χ2v) is 8.96. The molecule has 36 heavy (non-hydrogen) atoms. The average molecular weight is 491 g/mol. The molecule has 0 saturated carbocycles. The van der Waals surface area contributed by atoms with Crippen molar-refractivity contribution in [3.63, 3.8) is 0 Å². The lowest BCUT2D eigenvalue weighted by molar-refractivity contribution is -0.137. The number of amides is 2. The second-order valence-electron chi connectivity index (χ2n) is 8.96. The summed E-state index contributed by atoms with van der Waals surface area (Å²) in [5.74, 6) is 0. The molecular formula is C28H25F3N4O. The molecule has 1 aliphatic heterocycles. The highest BCUT2D eigenvalue weighted by atomic mass is 19.4. The molecule has 0 aliphatic carbocycles. The molecule has 1 aromatic heterocycles. The van der Waals surface area contributed by atoms with Gasteiger partial charge in [0, 0.05) is 37.4 Å². The van der Waals surface area contributed by atoms with E-state index in [9.17, 15) is 18.0 Å². The Labute approximate surface area is 207 Å². The molecule has 1 atom stereocenters. The topological polar surface area (TPSA) is 40.5 Å². The third kappa shape index (κ3) is 4.42. The van der Waals surface area contributed by atoms with Crippen LogP contribution in [0.25, 0.3) is 5.69 Å². The lowest BCUT2D eigenvalue weighted by Gasteiger charge is -2.31. The van der Waals surface area contributed by atoms with Crippen LogP contribution in [0.2, 0.25) is 0 Å². The summed E-state index contributed by atoms with van der Waals surface area (Å²) in [6, 6.07) is 23.4. The van der Waals surface area contributed by atoms with Gasteiger partial charge in [-0.2, -0.15) is 13.2 Å². The molecule has 2 heterocycles. The SMILES string of the molecule is CN(C)c1ccc(C2c3cccn3-c3ccccc3CN2C(=O)Nc2cccc(C(F)(F)F)c2)cc1. The number of anilines is 2. The van der Waals surface area contributed by atoms with E-state index < -0.39 is 23.8 Å². The van der Waals surface area contributed by atoms with Crippen LogP contribution in [0, 0.1) is 0 Å². The molecule has 1 aliphatic rings. The van der Waals surface area contributed by atoms with Crippen LogP contribution in [-0.4, -0.2) is 29.6 Å². The molecule has 0 fully saturated rings. The number of para-hydroxylation sites is 1. The molecule has 0 radical (unpaired) electrons. The molecule has 184 valence electrons. The van der Waals surface area contributed by atoms with Gasteiger partial charge < -0.3 is 19.7 Å². The number of hydrogen-bond acceptors (Lipinski definition) is 2. The molecule has 0 bridgehead atoms. The van der Waals surface area contributed by atoms with Crippen LogP contribution in [0.4, 0.5) is 29.3 Å². The zero-order chi connectivity index (χ0) is 25.4. The number of hydrogen-bond donors (Lipinski definition) is 1. The van der Waals surface area contributed by atoms with Crippen LogP contribution in [0.3, 0.4) is 0 Å². The minimum atomic E-state index is -4.50. The highest BCUT2D eigenvalue weighted by Crippen LogP contribution is 2.38. The van der Waals surface area contributed by atoms with Gasteiger partial charge in [-0.1, -0.05) is 36.4 Å². The molecule has 8 heteroatoms. The van der Waals surface area contributed by atoms with Crippen LogP contribution >= 0.6 is 0 Å². The fourth-order valence-electron chi connectivity index (χ4n) is 4.61. The molecule has 5 nitrogen and oxygen atoms in total. The first-order valence-electron chi connectivity index (χ1n) is 11.5. The van der Waals surface area contributed by atoms with Crippen LogP contribution in [-0.2, 0) is 12.7 Å². The average Bonchev–Trinajstić information content (AvgIpc) is 3.28. The maximum Gasteiger partial charge on any atom is 0.416 e. The summed E-state index contributed by atoms with van der Waals surface area (Å²) < 4.78 is 41.8. The van der Waals surface area contributed by atoms with Crippen molar-refractivity contribution in [2.45, 2.75) is 18.8 Å². The zero-order valence-corrected chi connectivity index (χ0v) is 19.8. The van der Waals surface area contributed by atoms with E-state index in [2.05, 4.69) is 9.88 Å². The van der Waals surface area contributed by atoms with Crippen LogP contribution in [0.5, 0.6) is 0 Å². The van der Waals surface area contributed by atoms with Gasteiger partial charge in [-0.3, -0.25) is 0 Å². The van der Waals surface area contributed by atoms with Crippen LogP contribution < -0.4 is 10.2 Å². The number of nitrogens with zero attached hydrogens (tertiary/aromatic N) is 3. The van der Waals surface area contributed by atoms with Gasteiger partial charge in [0.25, 0.3) is 0 Å². The highest BCUT2D eigenvalue weighted by Gasteiger charge is 2.34. The molecule has 5 rings (SSSR count). The van der Waals surface area contributed by atoms with Gasteiger partial charge >= 0.3 is 12.2 Å². The van der Waals surface area contributed by atoms with Gasteiger partial charge in [0.1, 0.15) is 0 Å². The van der Waals surface area contributed by atoms with Gasteiger partial charge in [0.15, 0.2) is 0 Å². The molecule has 1 N–H and O–H groups in total. The number of halogens is 3. The molecule has 2 amide bonds. The quantitative estimate of drug-likeness (QED) is 0.347. The van der Waals surface area contributed by atoms with Crippen LogP contribution in [0.1, 0.15) is 28.4 Å². The Morgan fingerprint density at radius 3 is 2.42 bits per heavy atom. The van der Waals surface area contributed by atoms with Gasteiger partial charge in [0.2, 0.25) is 0 Å². The van der Waals surface area contributed by atoms with Gasteiger partial charge in [0.05, 0.1) is 23.8 Å². The summed E-state index contributed by atoms with van der Waals surface area (Å²) in [7, 11) is 3.91. The minimum Gasteiger partial charge on any atom is -0.378 e. The van der Waals surface area contributed by atoms with E-state index in [1.165, 1.54) is 12.1 Å². The normalized spacial score (nSPS) is 15.0. The molecule has 3 aromatic carbocycles. The first-order chi connectivity index (χ1) is 17.2. The number of rotatable bonds is 3. The summed E-state index contributed by atoms with van der Waals surface area (Å²) in [5.41, 5.74) is 3.97. The van der Waals surface area contributed by atoms with Crippen molar-refractivity contribution in [3.8, 4) is 5.69 Å². The van der Waals surface area contributed by atoms with Crippen molar-refractivity contribution in [1.29, 1.82) is 0 Å². The number of carbonyl (C=O) groups excluding carboxylic acids is 1.